The fraction of sp³-hybridized carbons (Fsp3) is 0.143. The number of benzene rings is 1. The van der Waals surface area contributed by atoms with Crippen LogP contribution in [0.2, 0.25) is 0 Å². The van der Waals surface area contributed by atoms with E-state index in [-0.39, 0.29) is 6.61 Å². The molecule has 4 heterocycles. The second kappa shape index (κ2) is 7.92. The number of methoxy groups -OCH3 is 1. The quantitative estimate of drug-likeness (QED) is 0.369. The van der Waals surface area contributed by atoms with Gasteiger partial charge in [-0.2, -0.15) is 4.52 Å². The molecule has 1 aromatic carbocycles. The van der Waals surface area contributed by atoms with Gasteiger partial charge in [-0.3, -0.25) is 9.78 Å². The van der Waals surface area contributed by atoms with Crippen LogP contribution >= 0.6 is 0 Å². The van der Waals surface area contributed by atoms with Gasteiger partial charge >= 0.3 is 0 Å². The van der Waals surface area contributed by atoms with Crippen LogP contribution in [0.1, 0.15) is 21.8 Å². The third-order valence-electron chi connectivity index (χ3n) is 4.65. The normalized spacial score (nSPS) is 11.3. The molecule has 0 saturated heterocycles. The van der Waals surface area contributed by atoms with E-state index in [0.717, 1.165) is 17.1 Å². The number of aromatic nitrogens is 6. The maximum atomic E-state index is 10.8. The summed E-state index contributed by atoms with van der Waals surface area (Å²) < 4.78 is 17.9. The number of ether oxygens (including phenoxy) is 2. The molecular formula is C21H16N6O4. The van der Waals surface area contributed by atoms with Gasteiger partial charge in [0.1, 0.15) is 13.2 Å². The zero-order valence-corrected chi connectivity index (χ0v) is 16.4. The van der Waals surface area contributed by atoms with Gasteiger partial charge in [0.15, 0.2) is 23.4 Å². The molecule has 0 aliphatic rings. The van der Waals surface area contributed by atoms with E-state index in [9.17, 15) is 4.79 Å². The minimum atomic E-state index is 0.182. The predicted molar refractivity (Wildman–Crippen MR) is 108 cm³/mol. The van der Waals surface area contributed by atoms with Gasteiger partial charge < -0.3 is 14.0 Å². The molecule has 31 heavy (non-hydrogen) atoms. The lowest BCUT2D eigenvalue weighted by atomic mass is 10.2. The van der Waals surface area contributed by atoms with Gasteiger partial charge in [-0.25, -0.2) is 0 Å². The van der Waals surface area contributed by atoms with Crippen LogP contribution in [0.3, 0.4) is 0 Å². The van der Waals surface area contributed by atoms with E-state index in [0.29, 0.717) is 46.7 Å². The van der Waals surface area contributed by atoms with E-state index in [1.54, 1.807) is 29.8 Å². The van der Waals surface area contributed by atoms with Crippen LogP contribution in [-0.2, 0) is 18.0 Å². The Hall–Kier alpha value is -4.18. The van der Waals surface area contributed by atoms with Gasteiger partial charge in [0, 0.05) is 35.7 Å². The van der Waals surface area contributed by atoms with Crippen molar-refractivity contribution in [3.8, 4) is 17.4 Å². The van der Waals surface area contributed by atoms with Crippen LogP contribution < -0.4 is 4.74 Å². The molecule has 0 N–H and O–H groups in total. The lowest BCUT2D eigenvalue weighted by molar-refractivity contribution is 0.112. The molecule has 0 amide bonds. The first kappa shape index (κ1) is 18.8. The summed E-state index contributed by atoms with van der Waals surface area (Å²) in [5.74, 6) is 1.38. The molecule has 5 rings (SSSR count). The number of hydrogen-bond donors (Lipinski definition) is 0. The van der Waals surface area contributed by atoms with Crippen molar-refractivity contribution in [1.82, 2.24) is 30.0 Å². The van der Waals surface area contributed by atoms with Crippen LogP contribution in [0.15, 0.2) is 53.2 Å². The smallest absolute Gasteiger partial charge is 0.240 e. The highest BCUT2D eigenvalue weighted by Gasteiger charge is 2.19. The first-order valence-corrected chi connectivity index (χ1v) is 9.39. The highest BCUT2D eigenvalue weighted by Crippen LogP contribution is 2.29. The van der Waals surface area contributed by atoms with E-state index in [2.05, 4.69) is 25.4 Å². The fourth-order valence-corrected chi connectivity index (χ4v) is 3.18. The van der Waals surface area contributed by atoms with E-state index in [1.165, 1.54) is 6.20 Å². The van der Waals surface area contributed by atoms with Crippen molar-refractivity contribution >= 4 is 22.7 Å². The third kappa shape index (κ3) is 3.49. The SMILES string of the molecule is COCc1cc(-c2nnc3c4ccccc4c(OCc4ccc(C=O)cn4)nn23)no1. The Bertz CT molecular complexity index is 1380. The molecule has 0 bridgehead atoms. The van der Waals surface area contributed by atoms with Crippen LogP contribution in [0.4, 0.5) is 0 Å². The second-order valence-corrected chi connectivity index (χ2v) is 6.71. The highest BCUT2D eigenvalue weighted by atomic mass is 16.5. The molecule has 0 saturated carbocycles. The standard InChI is InChI=1S/C21H16N6O4/c1-29-12-15-8-18(26-31-15)20-24-23-19-16-4-2-3-5-17(16)21(25-27(19)20)30-11-14-7-6-13(10-28)9-22-14/h2-10H,11-12H2,1H3. The summed E-state index contributed by atoms with van der Waals surface area (Å²) in [4.78, 5) is 15.0. The molecule has 0 spiro atoms. The van der Waals surface area contributed by atoms with Gasteiger partial charge in [-0.15, -0.1) is 15.3 Å². The number of rotatable bonds is 7. The summed E-state index contributed by atoms with van der Waals surface area (Å²) in [7, 11) is 1.58. The zero-order chi connectivity index (χ0) is 21.2. The predicted octanol–water partition coefficient (Wildman–Crippen LogP) is 2.87. The number of nitrogens with zero attached hydrogens (tertiary/aromatic N) is 6. The van der Waals surface area contributed by atoms with Crippen molar-refractivity contribution in [2.75, 3.05) is 7.11 Å². The van der Waals surface area contributed by atoms with Gasteiger partial charge in [-0.05, 0) is 18.2 Å². The minimum Gasteiger partial charge on any atom is -0.470 e. The Morgan fingerprint density at radius 3 is 2.74 bits per heavy atom. The zero-order valence-electron chi connectivity index (χ0n) is 16.4. The number of pyridine rings is 1. The largest absolute Gasteiger partial charge is 0.470 e. The summed E-state index contributed by atoms with van der Waals surface area (Å²) in [5, 5.41) is 18.8. The Morgan fingerprint density at radius 2 is 1.97 bits per heavy atom. The summed E-state index contributed by atoms with van der Waals surface area (Å²) >= 11 is 0. The summed E-state index contributed by atoms with van der Waals surface area (Å²) in [6.45, 7) is 0.478. The topological polar surface area (TPSA) is 118 Å². The van der Waals surface area contributed by atoms with Gasteiger partial charge in [0.05, 0.1) is 5.69 Å². The van der Waals surface area contributed by atoms with E-state index in [1.807, 2.05) is 24.3 Å². The van der Waals surface area contributed by atoms with Crippen molar-refractivity contribution in [3.05, 3.63) is 65.7 Å². The molecule has 154 valence electrons. The average Bonchev–Trinajstić information content (AvgIpc) is 3.45. The molecule has 0 fully saturated rings. The second-order valence-electron chi connectivity index (χ2n) is 6.71. The molecule has 5 aromatic rings. The van der Waals surface area contributed by atoms with Gasteiger partial charge in [0.25, 0.3) is 0 Å². The van der Waals surface area contributed by atoms with Crippen LogP contribution in [-0.4, -0.2) is 43.3 Å². The van der Waals surface area contributed by atoms with Crippen molar-refractivity contribution in [2.24, 2.45) is 0 Å². The fourth-order valence-electron chi connectivity index (χ4n) is 3.18. The molecule has 4 aromatic heterocycles. The highest BCUT2D eigenvalue weighted by molar-refractivity contribution is 5.96. The molecule has 0 atom stereocenters. The Labute approximate surface area is 175 Å². The van der Waals surface area contributed by atoms with E-state index >= 15 is 0 Å². The number of hydrogen-bond acceptors (Lipinski definition) is 9. The van der Waals surface area contributed by atoms with E-state index in [4.69, 9.17) is 14.0 Å². The van der Waals surface area contributed by atoms with Crippen molar-refractivity contribution in [1.29, 1.82) is 0 Å². The monoisotopic (exact) mass is 416 g/mol. The molecule has 10 heteroatoms. The Morgan fingerprint density at radius 1 is 1.10 bits per heavy atom. The first-order valence-electron chi connectivity index (χ1n) is 9.39. The number of carbonyl (C=O) groups excluding carboxylic acids is 1. The minimum absolute atomic E-state index is 0.182. The van der Waals surface area contributed by atoms with Crippen LogP contribution in [0.5, 0.6) is 5.88 Å². The maximum absolute atomic E-state index is 10.8. The third-order valence-corrected chi connectivity index (χ3v) is 4.65. The molecular weight excluding hydrogens is 400 g/mol. The average molecular weight is 416 g/mol. The molecule has 0 radical (unpaired) electrons. The molecule has 0 unspecified atom stereocenters. The summed E-state index contributed by atoms with van der Waals surface area (Å²) in [6, 6.07) is 12.8. The number of carbonyl (C=O) groups is 1. The molecule has 10 nitrogen and oxygen atoms in total. The van der Waals surface area contributed by atoms with Gasteiger partial charge in [-0.1, -0.05) is 23.4 Å². The summed E-state index contributed by atoms with van der Waals surface area (Å²) in [6.07, 6.45) is 2.25. The maximum Gasteiger partial charge on any atom is 0.240 e. The van der Waals surface area contributed by atoms with Crippen LogP contribution in [0.25, 0.3) is 27.9 Å². The Balaban J connectivity index is 1.56. The number of fused-ring (bicyclic) bond motifs is 3. The van der Waals surface area contributed by atoms with Crippen LogP contribution in [0, 0.1) is 0 Å². The first-order chi connectivity index (χ1) is 15.3. The van der Waals surface area contributed by atoms with Crippen molar-refractivity contribution < 1.29 is 18.8 Å². The number of aldehydes is 1. The van der Waals surface area contributed by atoms with Gasteiger partial charge in [0.2, 0.25) is 11.7 Å². The lowest BCUT2D eigenvalue weighted by Gasteiger charge is -2.09. The van der Waals surface area contributed by atoms with Crippen molar-refractivity contribution in [2.45, 2.75) is 13.2 Å². The Kier molecular flexibility index (Phi) is 4.81. The summed E-state index contributed by atoms with van der Waals surface area (Å²) in [5.41, 5.74) is 2.23. The lowest BCUT2D eigenvalue weighted by Crippen LogP contribution is -2.04. The molecule has 0 aliphatic carbocycles. The van der Waals surface area contributed by atoms with Crippen molar-refractivity contribution in [3.63, 3.8) is 0 Å². The van der Waals surface area contributed by atoms with E-state index < -0.39 is 0 Å². The molecule has 0 aliphatic heterocycles.